The monoisotopic (exact) mass is 267 g/mol. The molecular formula is C14H25N3O2. The van der Waals surface area contributed by atoms with Crippen molar-refractivity contribution in [2.45, 2.75) is 40.2 Å². The average Bonchev–Trinajstić information content (AvgIpc) is 2.37. The molecule has 19 heavy (non-hydrogen) atoms. The van der Waals surface area contributed by atoms with E-state index < -0.39 is 0 Å². The maximum absolute atomic E-state index is 5.63. The number of aromatic nitrogens is 2. The van der Waals surface area contributed by atoms with Crippen LogP contribution in [0.2, 0.25) is 0 Å². The standard InChI is InChI=1S/C14H25N3O2/c1-5-6-7-19-14-8-12(15-9-11(2)3)16-13(17-14)10-18-4/h8,11H,5-7,9-10H2,1-4H3,(H,15,16,17). The van der Waals surface area contributed by atoms with E-state index in [0.29, 0.717) is 30.8 Å². The van der Waals surface area contributed by atoms with Gasteiger partial charge in [-0.3, -0.25) is 0 Å². The number of nitrogens with zero attached hydrogens (tertiary/aromatic N) is 2. The van der Waals surface area contributed by atoms with Gasteiger partial charge in [0.2, 0.25) is 5.88 Å². The van der Waals surface area contributed by atoms with Gasteiger partial charge in [-0.05, 0) is 12.3 Å². The van der Waals surface area contributed by atoms with Gasteiger partial charge in [-0.25, -0.2) is 4.98 Å². The van der Waals surface area contributed by atoms with Crippen LogP contribution in [0.3, 0.4) is 0 Å². The Kier molecular flexibility index (Phi) is 7.18. The summed E-state index contributed by atoms with van der Waals surface area (Å²) in [6.07, 6.45) is 2.13. The van der Waals surface area contributed by atoms with Crippen molar-refractivity contribution in [2.24, 2.45) is 5.92 Å². The Morgan fingerprint density at radius 2 is 2.11 bits per heavy atom. The Hall–Kier alpha value is -1.36. The molecule has 5 nitrogen and oxygen atoms in total. The summed E-state index contributed by atoms with van der Waals surface area (Å²) in [5.41, 5.74) is 0. The zero-order valence-electron chi connectivity index (χ0n) is 12.4. The fraction of sp³-hybridized carbons (Fsp3) is 0.714. The average molecular weight is 267 g/mol. The van der Waals surface area contributed by atoms with Crippen molar-refractivity contribution in [3.8, 4) is 5.88 Å². The van der Waals surface area contributed by atoms with Gasteiger partial charge in [0.25, 0.3) is 0 Å². The van der Waals surface area contributed by atoms with Crippen molar-refractivity contribution in [3.63, 3.8) is 0 Å². The molecular weight excluding hydrogens is 242 g/mol. The van der Waals surface area contributed by atoms with Gasteiger partial charge < -0.3 is 14.8 Å². The van der Waals surface area contributed by atoms with E-state index in [1.54, 1.807) is 7.11 Å². The molecule has 0 bridgehead atoms. The molecule has 0 unspecified atom stereocenters. The first-order chi connectivity index (χ1) is 9.15. The van der Waals surface area contributed by atoms with Gasteiger partial charge in [0.05, 0.1) is 6.61 Å². The molecule has 1 aromatic rings. The minimum absolute atomic E-state index is 0.390. The Morgan fingerprint density at radius 3 is 2.74 bits per heavy atom. The van der Waals surface area contributed by atoms with Crippen LogP contribution in [0.4, 0.5) is 5.82 Å². The maximum Gasteiger partial charge on any atom is 0.218 e. The van der Waals surface area contributed by atoms with Crippen LogP contribution in [0.25, 0.3) is 0 Å². The SMILES string of the molecule is CCCCOc1cc(NCC(C)C)nc(COC)n1. The molecule has 1 aromatic heterocycles. The van der Waals surface area contributed by atoms with Crippen molar-refractivity contribution in [3.05, 3.63) is 11.9 Å². The highest BCUT2D eigenvalue weighted by Crippen LogP contribution is 2.15. The zero-order chi connectivity index (χ0) is 14.1. The fourth-order valence-corrected chi connectivity index (χ4v) is 1.46. The minimum atomic E-state index is 0.390. The first-order valence-electron chi connectivity index (χ1n) is 6.89. The van der Waals surface area contributed by atoms with Crippen LogP contribution in [0.1, 0.15) is 39.4 Å². The molecule has 0 spiro atoms. The number of hydrogen-bond donors (Lipinski definition) is 1. The van der Waals surface area contributed by atoms with Gasteiger partial charge in [0.15, 0.2) is 5.82 Å². The summed E-state index contributed by atoms with van der Waals surface area (Å²) in [5.74, 6) is 2.61. The van der Waals surface area contributed by atoms with Gasteiger partial charge in [-0.1, -0.05) is 27.2 Å². The Balaban J connectivity index is 2.71. The first-order valence-corrected chi connectivity index (χ1v) is 6.89. The Labute approximate surface area is 115 Å². The second kappa shape index (κ2) is 8.69. The molecule has 0 aliphatic rings. The number of ether oxygens (including phenoxy) is 2. The molecule has 0 amide bonds. The van der Waals surface area contributed by atoms with Gasteiger partial charge >= 0.3 is 0 Å². The summed E-state index contributed by atoms with van der Waals surface area (Å²) in [7, 11) is 1.63. The topological polar surface area (TPSA) is 56.3 Å². The van der Waals surface area contributed by atoms with Crippen LogP contribution in [-0.2, 0) is 11.3 Å². The summed E-state index contributed by atoms with van der Waals surface area (Å²) in [6, 6.07) is 1.84. The van der Waals surface area contributed by atoms with Crippen LogP contribution < -0.4 is 10.1 Å². The number of hydrogen-bond acceptors (Lipinski definition) is 5. The van der Waals surface area contributed by atoms with Crippen LogP contribution in [0, 0.1) is 5.92 Å². The second-order valence-corrected chi connectivity index (χ2v) is 4.92. The number of methoxy groups -OCH3 is 1. The Bertz CT molecular complexity index is 370. The number of rotatable bonds is 9. The molecule has 0 aliphatic heterocycles. The van der Waals surface area contributed by atoms with Crippen molar-refractivity contribution in [1.82, 2.24) is 9.97 Å². The molecule has 0 fully saturated rings. The van der Waals surface area contributed by atoms with Crippen LogP contribution in [0.15, 0.2) is 6.07 Å². The summed E-state index contributed by atoms with van der Waals surface area (Å²) >= 11 is 0. The molecule has 108 valence electrons. The molecule has 0 aromatic carbocycles. The molecule has 1 heterocycles. The summed E-state index contributed by atoms with van der Waals surface area (Å²) in [5, 5.41) is 3.29. The predicted octanol–water partition coefficient (Wildman–Crippen LogP) is 2.87. The lowest BCUT2D eigenvalue weighted by Crippen LogP contribution is -2.11. The summed E-state index contributed by atoms with van der Waals surface area (Å²) < 4.78 is 10.7. The van der Waals surface area contributed by atoms with Gasteiger partial charge in [0, 0.05) is 19.7 Å². The zero-order valence-corrected chi connectivity index (χ0v) is 12.4. The summed E-state index contributed by atoms with van der Waals surface area (Å²) in [4.78, 5) is 8.72. The Morgan fingerprint density at radius 1 is 1.32 bits per heavy atom. The lowest BCUT2D eigenvalue weighted by molar-refractivity contribution is 0.176. The van der Waals surface area contributed by atoms with Gasteiger partial charge in [-0.2, -0.15) is 4.98 Å². The van der Waals surface area contributed by atoms with E-state index in [1.165, 1.54) is 0 Å². The third-order valence-electron chi connectivity index (χ3n) is 2.46. The van der Waals surface area contributed by atoms with Crippen molar-refractivity contribution in [2.75, 3.05) is 25.6 Å². The molecule has 0 aliphatic carbocycles. The van der Waals surface area contributed by atoms with Gasteiger partial charge in [-0.15, -0.1) is 0 Å². The van der Waals surface area contributed by atoms with Gasteiger partial charge in [0.1, 0.15) is 12.4 Å². The lowest BCUT2D eigenvalue weighted by Gasteiger charge is -2.11. The van der Waals surface area contributed by atoms with Crippen LogP contribution in [0.5, 0.6) is 5.88 Å². The van der Waals surface area contributed by atoms with E-state index in [-0.39, 0.29) is 0 Å². The number of unbranched alkanes of at least 4 members (excludes halogenated alkanes) is 1. The minimum Gasteiger partial charge on any atom is -0.478 e. The molecule has 1 rings (SSSR count). The second-order valence-electron chi connectivity index (χ2n) is 4.92. The van der Waals surface area contributed by atoms with E-state index in [1.807, 2.05) is 6.07 Å². The van der Waals surface area contributed by atoms with E-state index in [0.717, 1.165) is 25.2 Å². The van der Waals surface area contributed by atoms with Crippen molar-refractivity contribution >= 4 is 5.82 Å². The van der Waals surface area contributed by atoms with E-state index in [2.05, 4.69) is 36.1 Å². The number of nitrogens with one attached hydrogen (secondary N) is 1. The normalized spacial score (nSPS) is 10.8. The fourth-order valence-electron chi connectivity index (χ4n) is 1.46. The molecule has 0 radical (unpaired) electrons. The highest BCUT2D eigenvalue weighted by molar-refractivity contribution is 5.38. The third kappa shape index (κ3) is 6.38. The molecule has 5 heteroatoms. The molecule has 0 saturated carbocycles. The third-order valence-corrected chi connectivity index (χ3v) is 2.46. The first kappa shape index (κ1) is 15.7. The maximum atomic E-state index is 5.63. The molecule has 0 atom stereocenters. The molecule has 0 saturated heterocycles. The quantitative estimate of drug-likeness (QED) is 0.697. The lowest BCUT2D eigenvalue weighted by atomic mass is 10.2. The number of anilines is 1. The van der Waals surface area contributed by atoms with E-state index >= 15 is 0 Å². The van der Waals surface area contributed by atoms with Crippen LogP contribution in [-0.4, -0.2) is 30.2 Å². The predicted molar refractivity (Wildman–Crippen MR) is 76.5 cm³/mol. The van der Waals surface area contributed by atoms with Crippen LogP contribution >= 0.6 is 0 Å². The highest BCUT2D eigenvalue weighted by atomic mass is 16.5. The smallest absolute Gasteiger partial charge is 0.218 e. The van der Waals surface area contributed by atoms with E-state index in [9.17, 15) is 0 Å². The molecule has 1 N–H and O–H groups in total. The van der Waals surface area contributed by atoms with E-state index in [4.69, 9.17) is 9.47 Å². The largest absolute Gasteiger partial charge is 0.478 e. The summed E-state index contributed by atoms with van der Waals surface area (Å²) in [6.45, 7) is 8.39. The van der Waals surface area contributed by atoms with Crippen molar-refractivity contribution in [1.29, 1.82) is 0 Å². The van der Waals surface area contributed by atoms with Crippen molar-refractivity contribution < 1.29 is 9.47 Å². The highest BCUT2D eigenvalue weighted by Gasteiger charge is 2.06.